The van der Waals surface area contributed by atoms with Gasteiger partial charge >= 0.3 is 123 Å². The van der Waals surface area contributed by atoms with Crippen molar-refractivity contribution in [1.82, 2.24) is 0 Å². The van der Waals surface area contributed by atoms with Crippen molar-refractivity contribution in [3.63, 3.8) is 0 Å². The third-order valence-electron chi connectivity index (χ3n) is 3.04. The van der Waals surface area contributed by atoms with Crippen molar-refractivity contribution < 1.29 is 15.0 Å². The van der Waals surface area contributed by atoms with Gasteiger partial charge in [-0.1, -0.05) is 0 Å². The minimum absolute atomic E-state index is 1.54. The number of carboxylic acid groups (broad SMARTS) is 2. The van der Waals surface area contributed by atoms with Crippen LogP contribution in [0.3, 0.4) is 0 Å². The zero-order chi connectivity index (χ0) is 16.5. The van der Waals surface area contributed by atoms with Crippen molar-refractivity contribution in [2.24, 2.45) is 0 Å². The summed E-state index contributed by atoms with van der Waals surface area (Å²) in [5.41, 5.74) is 0. The zero-order valence-electron chi connectivity index (χ0n) is 12.3. The molecule has 4 heteroatoms. The van der Waals surface area contributed by atoms with Crippen LogP contribution in [0.4, 0.5) is 4.79 Å². The first-order valence-electron chi connectivity index (χ1n) is 7.02. The summed E-state index contributed by atoms with van der Waals surface area (Å²) in [6.45, 7) is 0. The van der Waals surface area contributed by atoms with Crippen molar-refractivity contribution in [3.05, 3.63) is 91.0 Å². The Hall–Kier alpha value is -2.19. The molecule has 3 aromatic rings. The molecular formula is C19H15BiO3. The summed E-state index contributed by atoms with van der Waals surface area (Å²) in [6, 6.07) is 33.0. The summed E-state index contributed by atoms with van der Waals surface area (Å²) in [4.78, 5) is 8.33. The molecule has 0 aliphatic rings. The normalized spacial score (nSPS) is 9.39. The Morgan fingerprint density at radius 1 is 0.565 bits per heavy atom. The Morgan fingerprint density at radius 2 is 0.783 bits per heavy atom. The Morgan fingerprint density at radius 3 is 1.00 bits per heavy atom. The van der Waals surface area contributed by atoms with Gasteiger partial charge in [-0.2, -0.15) is 0 Å². The van der Waals surface area contributed by atoms with E-state index in [-0.39, 0.29) is 0 Å². The topological polar surface area (TPSA) is 63.2 Å². The van der Waals surface area contributed by atoms with E-state index in [2.05, 4.69) is 91.0 Å². The second-order valence-electron chi connectivity index (χ2n) is 4.59. The van der Waals surface area contributed by atoms with Crippen LogP contribution in [0.5, 0.6) is 0 Å². The molecule has 0 aliphatic heterocycles. The first kappa shape index (κ1) is 17.2. The van der Waals surface area contributed by atoms with Gasteiger partial charge in [0.25, 0.3) is 0 Å². The predicted molar refractivity (Wildman–Crippen MR) is 89.4 cm³/mol. The van der Waals surface area contributed by atoms with Crippen molar-refractivity contribution in [2.75, 3.05) is 0 Å². The molecule has 0 N–H and O–H groups in total. The van der Waals surface area contributed by atoms with Crippen LogP contribution in [0.25, 0.3) is 0 Å². The second kappa shape index (κ2) is 9.07. The number of carbonyl (C=O) groups excluding carboxylic acids is 1. The molecule has 0 spiro atoms. The molecule has 0 saturated heterocycles. The van der Waals surface area contributed by atoms with E-state index in [1.165, 1.54) is 9.81 Å². The average Bonchev–Trinajstić information content (AvgIpc) is 2.58. The number of benzene rings is 3. The molecule has 0 aliphatic carbocycles. The summed E-state index contributed by atoms with van der Waals surface area (Å²) in [5.74, 6) is 0. The van der Waals surface area contributed by atoms with Gasteiger partial charge in [-0.15, -0.1) is 0 Å². The molecule has 0 fully saturated rings. The van der Waals surface area contributed by atoms with Gasteiger partial charge < -0.3 is 15.0 Å². The fourth-order valence-corrected chi connectivity index (χ4v) is 11.1. The summed E-state index contributed by atoms with van der Waals surface area (Å²) in [7, 11) is 0. The minimum atomic E-state index is -2.33. The van der Waals surface area contributed by atoms with Crippen molar-refractivity contribution in [1.29, 1.82) is 0 Å². The molecule has 0 heterocycles. The first-order valence-corrected chi connectivity index (χ1v) is 12.2. The summed E-state index contributed by atoms with van der Waals surface area (Å²) < 4.78 is 4.61. The molecule has 0 atom stereocenters. The van der Waals surface area contributed by atoms with Crippen molar-refractivity contribution in [3.8, 4) is 0 Å². The molecule has 0 aromatic heterocycles. The third-order valence-corrected chi connectivity index (χ3v) is 12.5. The molecule has 0 radical (unpaired) electrons. The van der Waals surface area contributed by atoms with Crippen molar-refractivity contribution in [2.45, 2.75) is 0 Å². The van der Waals surface area contributed by atoms with Crippen LogP contribution in [-0.4, -0.2) is 27.9 Å². The molecule has 3 aromatic carbocycles. The Kier molecular flexibility index (Phi) is 6.77. The van der Waals surface area contributed by atoms with Gasteiger partial charge in [0.2, 0.25) is 0 Å². The Labute approximate surface area is 143 Å². The van der Waals surface area contributed by atoms with E-state index in [0.29, 0.717) is 0 Å². The summed E-state index contributed by atoms with van der Waals surface area (Å²) >= 11 is -2.06. The third kappa shape index (κ3) is 5.50. The second-order valence-corrected chi connectivity index (χ2v) is 13.2. The van der Waals surface area contributed by atoms with Gasteiger partial charge in [-0.25, -0.2) is 0 Å². The van der Waals surface area contributed by atoms with E-state index in [1.807, 2.05) is 0 Å². The monoisotopic (exact) mass is 500 g/mol. The fourth-order valence-electron chi connectivity index (χ4n) is 2.18. The van der Waals surface area contributed by atoms with Gasteiger partial charge in [0.05, 0.1) is 0 Å². The van der Waals surface area contributed by atoms with E-state index in [9.17, 15) is 0 Å². The van der Waals surface area contributed by atoms with Crippen LogP contribution >= 0.6 is 0 Å². The van der Waals surface area contributed by atoms with Gasteiger partial charge in [-0.3, -0.25) is 0 Å². The SMILES string of the molecule is O=C([O-])[O-].c1cc[c]([Bi+2]([c]2ccccc2)[c]2ccccc2)cc1. The van der Waals surface area contributed by atoms with Crippen LogP contribution in [0.15, 0.2) is 91.0 Å². The summed E-state index contributed by atoms with van der Waals surface area (Å²) in [5, 5.41) is 16.7. The molecule has 0 unspecified atom stereocenters. The van der Waals surface area contributed by atoms with Crippen LogP contribution < -0.4 is 20.0 Å². The first-order chi connectivity index (χ1) is 11.2. The van der Waals surface area contributed by atoms with Crippen LogP contribution in [-0.2, 0) is 0 Å². The van der Waals surface area contributed by atoms with Gasteiger partial charge in [-0.05, 0) is 6.16 Å². The van der Waals surface area contributed by atoms with Gasteiger partial charge in [0, 0.05) is 0 Å². The zero-order valence-corrected chi connectivity index (χ0v) is 15.8. The molecule has 114 valence electrons. The predicted octanol–water partition coefficient (Wildman–Crippen LogP) is -0.244. The Balaban J connectivity index is 0.000000433. The van der Waals surface area contributed by atoms with Crippen LogP contribution in [0.2, 0.25) is 0 Å². The van der Waals surface area contributed by atoms with Crippen molar-refractivity contribution >= 4 is 37.7 Å². The van der Waals surface area contributed by atoms with E-state index >= 15 is 0 Å². The van der Waals surface area contributed by atoms with Crippen LogP contribution in [0, 0.1) is 0 Å². The van der Waals surface area contributed by atoms with Crippen LogP contribution in [0.1, 0.15) is 0 Å². The average molecular weight is 500 g/mol. The number of carbonyl (C=O) groups is 1. The fraction of sp³-hybridized carbons (Fsp3) is 0. The standard InChI is InChI=1S/3C6H5.CH2O3.Bi/c3*1-2-4-6-5-3-1;2-1(3)4;/h3*1-5H;(H2,2,3,4);/q;;;;+2/p-2. The van der Waals surface area contributed by atoms with E-state index < -0.39 is 27.9 Å². The molecule has 0 amide bonds. The van der Waals surface area contributed by atoms with E-state index in [4.69, 9.17) is 15.0 Å². The molecular weight excluding hydrogens is 485 g/mol. The Bertz CT molecular complexity index is 617. The number of hydrogen-bond acceptors (Lipinski definition) is 3. The van der Waals surface area contributed by atoms with E-state index in [0.717, 1.165) is 0 Å². The van der Waals surface area contributed by atoms with E-state index in [1.54, 1.807) is 0 Å². The maximum atomic E-state index is 8.33. The quantitative estimate of drug-likeness (QED) is 0.467. The van der Waals surface area contributed by atoms with Gasteiger partial charge in [0.15, 0.2) is 0 Å². The molecule has 0 saturated carbocycles. The number of rotatable bonds is 3. The maximum absolute atomic E-state index is 8.33. The molecule has 3 nitrogen and oxygen atoms in total. The summed E-state index contributed by atoms with van der Waals surface area (Å²) in [6.07, 6.45) is -2.33. The van der Waals surface area contributed by atoms with Gasteiger partial charge in [0.1, 0.15) is 0 Å². The molecule has 0 bridgehead atoms. The molecule has 3 rings (SSSR count). The number of hydrogen-bond donors (Lipinski definition) is 0. The molecule has 23 heavy (non-hydrogen) atoms.